The molecule has 0 radical (unpaired) electrons. The minimum Gasteiger partial charge on any atom is -0.497 e. The van der Waals surface area contributed by atoms with Crippen LogP contribution in [-0.4, -0.2) is 36.6 Å². The first-order valence-electron chi connectivity index (χ1n) is 9.59. The van der Waals surface area contributed by atoms with Crippen molar-refractivity contribution in [2.45, 2.75) is 13.5 Å². The second-order valence-corrected chi connectivity index (χ2v) is 7.05. The van der Waals surface area contributed by atoms with E-state index in [1.807, 2.05) is 55.5 Å². The van der Waals surface area contributed by atoms with Gasteiger partial charge in [-0.25, -0.2) is 9.67 Å². The van der Waals surface area contributed by atoms with Crippen LogP contribution >= 0.6 is 0 Å². The highest BCUT2D eigenvalue weighted by atomic mass is 16.5. The molecule has 0 aliphatic carbocycles. The van der Waals surface area contributed by atoms with Crippen LogP contribution in [0.2, 0.25) is 0 Å². The molecule has 3 aromatic heterocycles. The van der Waals surface area contributed by atoms with Crippen molar-refractivity contribution < 1.29 is 9.26 Å². The van der Waals surface area contributed by atoms with Crippen LogP contribution in [-0.2, 0) is 6.54 Å². The van der Waals surface area contributed by atoms with Gasteiger partial charge in [0.15, 0.2) is 5.65 Å². The number of hydrogen-bond donors (Lipinski definition) is 0. The molecule has 31 heavy (non-hydrogen) atoms. The summed E-state index contributed by atoms with van der Waals surface area (Å²) in [5, 5.41) is 8.74. The summed E-state index contributed by atoms with van der Waals surface area (Å²) in [6, 6.07) is 15.2. The summed E-state index contributed by atoms with van der Waals surface area (Å²) in [6.07, 6.45) is 2.97. The molecule has 2 aromatic carbocycles. The van der Waals surface area contributed by atoms with Crippen molar-refractivity contribution in [1.82, 2.24) is 29.5 Å². The Morgan fingerprint density at radius 1 is 1.06 bits per heavy atom. The minimum absolute atomic E-state index is 0.119. The molecular weight excluding hydrogens is 396 g/mol. The van der Waals surface area contributed by atoms with Gasteiger partial charge >= 0.3 is 0 Å². The highest BCUT2D eigenvalue weighted by Gasteiger charge is 2.14. The van der Waals surface area contributed by atoms with Crippen molar-refractivity contribution in [2.24, 2.45) is 0 Å². The van der Waals surface area contributed by atoms with Gasteiger partial charge in [0.2, 0.25) is 11.7 Å². The highest BCUT2D eigenvalue weighted by molar-refractivity contribution is 5.75. The molecule has 5 aromatic rings. The van der Waals surface area contributed by atoms with Crippen LogP contribution in [0, 0.1) is 6.92 Å². The van der Waals surface area contributed by atoms with E-state index in [2.05, 4.69) is 20.2 Å². The summed E-state index contributed by atoms with van der Waals surface area (Å²) >= 11 is 0. The average Bonchev–Trinajstić information content (AvgIpc) is 3.44. The molecule has 5 rings (SSSR count). The molecule has 0 saturated carbocycles. The first-order valence-corrected chi connectivity index (χ1v) is 9.59. The molecule has 9 heteroatoms. The summed E-state index contributed by atoms with van der Waals surface area (Å²) in [4.78, 5) is 21.8. The molecule has 0 aliphatic heterocycles. The van der Waals surface area contributed by atoms with E-state index in [1.165, 1.54) is 17.1 Å². The van der Waals surface area contributed by atoms with Gasteiger partial charge in [-0.2, -0.15) is 10.1 Å². The molecule has 0 unspecified atom stereocenters. The molecule has 0 N–H and O–H groups in total. The van der Waals surface area contributed by atoms with Gasteiger partial charge < -0.3 is 9.26 Å². The van der Waals surface area contributed by atoms with Crippen molar-refractivity contribution >= 4 is 11.0 Å². The molecule has 9 nitrogen and oxygen atoms in total. The third kappa shape index (κ3) is 3.46. The standard InChI is InChI=1S/C22H18N6O3/c1-14-3-5-15(6-4-14)20-25-19(31-26-20)12-27-13-23-21-18(22(27)29)11-24-28(21)16-7-9-17(30-2)10-8-16/h3-11,13H,12H2,1-2H3. The van der Waals surface area contributed by atoms with Crippen molar-refractivity contribution in [3.05, 3.63) is 82.9 Å². The summed E-state index contributed by atoms with van der Waals surface area (Å²) in [6.45, 7) is 2.13. The van der Waals surface area contributed by atoms with E-state index in [4.69, 9.17) is 9.26 Å². The minimum atomic E-state index is -0.236. The lowest BCUT2D eigenvalue weighted by molar-refractivity contribution is 0.369. The summed E-state index contributed by atoms with van der Waals surface area (Å²) in [5.41, 5.74) is 3.01. The fraction of sp³-hybridized carbons (Fsp3) is 0.136. The highest BCUT2D eigenvalue weighted by Crippen LogP contribution is 2.19. The van der Waals surface area contributed by atoms with Gasteiger partial charge in [0, 0.05) is 5.56 Å². The molecule has 0 aliphatic rings. The Morgan fingerprint density at radius 3 is 2.58 bits per heavy atom. The Balaban J connectivity index is 1.44. The maximum atomic E-state index is 13.0. The fourth-order valence-electron chi connectivity index (χ4n) is 3.26. The van der Waals surface area contributed by atoms with Gasteiger partial charge in [-0.05, 0) is 31.2 Å². The van der Waals surface area contributed by atoms with Gasteiger partial charge in [0.05, 0.1) is 19.0 Å². The summed E-state index contributed by atoms with van der Waals surface area (Å²) < 4.78 is 13.6. The van der Waals surface area contributed by atoms with Gasteiger partial charge in [-0.1, -0.05) is 35.0 Å². The van der Waals surface area contributed by atoms with Crippen molar-refractivity contribution in [1.29, 1.82) is 0 Å². The van der Waals surface area contributed by atoms with E-state index >= 15 is 0 Å². The topological polar surface area (TPSA) is 101 Å². The van der Waals surface area contributed by atoms with E-state index in [9.17, 15) is 4.79 Å². The van der Waals surface area contributed by atoms with E-state index in [0.717, 1.165) is 22.6 Å². The molecule has 154 valence electrons. The lowest BCUT2D eigenvalue weighted by Gasteiger charge is -2.05. The van der Waals surface area contributed by atoms with Crippen LogP contribution < -0.4 is 10.3 Å². The number of nitrogens with zero attached hydrogens (tertiary/aromatic N) is 6. The normalized spacial score (nSPS) is 11.2. The van der Waals surface area contributed by atoms with Gasteiger partial charge in [0.1, 0.15) is 24.0 Å². The number of ether oxygens (including phenoxy) is 1. The second-order valence-electron chi connectivity index (χ2n) is 7.05. The Kier molecular flexibility index (Phi) is 4.55. The summed E-state index contributed by atoms with van der Waals surface area (Å²) in [5.74, 6) is 1.53. The van der Waals surface area contributed by atoms with Crippen LogP contribution in [0.25, 0.3) is 28.1 Å². The van der Waals surface area contributed by atoms with Crippen LogP contribution in [0.3, 0.4) is 0 Å². The molecule has 0 bridgehead atoms. The molecule has 3 heterocycles. The fourth-order valence-corrected chi connectivity index (χ4v) is 3.26. The first-order chi connectivity index (χ1) is 15.1. The third-order valence-electron chi connectivity index (χ3n) is 4.95. The van der Waals surface area contributed by atoms with E-state index in [-0.39, 0.29) is 12.1 Å². The predicted octanol–water partition coefficient (Wildman–Crippen LogP) is 3.00. The Morgan fingerprint density at radius 2 is 1.84 bits per heavy atom. The van der Waals surface area contributed by atoms with Crippen LogP contribution in [0.15, 0.2) is 70.4 Å². The Labute approximate surface area is 176 Å². The number of methoxy groups -OCH3 is 1. The zero-order valence-electron chi connectivity index (χ0n) is 16.9. The number of aromatic nitrogens is 6. The number of rotatable bonds is 5. The van der Waals surface area contributed by atoms with Gasteiger partial charge in [-0.3, -0.25) is 9.36 Å². The predicted molar refractivity (Wildman–Crippen MR) is 113 cm³/mol. The van der Waals surface area contributed by atoms with Crippen molar-refractivity contribution in [2.75, 3.05) is 7.11 Å². The maximum Gasteiger partial charge on any atom is 0.264 e. The second kappa shape index (κ2) is 7.52. The van der Waals surface area contributed by atoms with Gasteiger partial charge in [0.25, 0.3) is 5.56 Å². The molecular formula is C22H18N6O3. The van der Waals surface area contributed by atoms with E-state index in [0.29, 0.717) is 22.7 Å². The smallest absolute Gasteiger partial charge is 0.264 e. The quantitative estimate of drug-likeness (QED) is 0.436. The molecule has 0 fully saturated rings. The lowest BCUT2D eigenvalue weighted by atomic mass is 10.1. The maximum absolute atomic E-state index is 13.0. The summed E-state index contributed by atoms with van der Waals surface area (Å²) in [7, 11) is 1.61. The number of hydrogen-bond acceptors (Lipinski definition) is 7. The zero-order valence-corrected chi connectivity index (χ0v) is 16.9. The Hall–Kier alpha value is -4.27. The van der Waals surface area contributed by atoms with Crippen molar-refractivity contribution in [3.8, 4) is 22.8 Å². The molecule has 0 spiro atoms. The number of benzene rings is 2. The molecule has 0 amide bonds. The molecule has 0 saturated heterocycles. The SMILES string of the molecule is COc1ccc(-n2ncc3c(=O)n(Cc4nc(-c5ccc(C)cc5)no4)cnc32)cc1. The number of aryl methyl sites for hydroxylation is 1. The first kappa shape index (κ1) is 18.7. The number of fused-ring (bicyclic) bond motifs is 1. The molecule has 0 atom stereocenters. The monoisotopic (exact) mass is 414 g/mol. The Bertz CT molecular complexity index is 1410. The zero-order chi connectivity index (χ0) is 21.4. The largest absolute Gasteiger partial charge is 0.497 e. The lowest BCUT2D eigenvalue weighted by Crippen LogP contribution is -2.21. The van der Waals surface area contributed by atoms with Crippen LogP contribution in [0.4, 0.5) is 0 Å². The van der Waals surface area contributed by atoms with E-state index in [1.54, 1.807) is 11.8 Å². The van der Waals surface area contributed by atoms with Crippen molar-refractivity contribution in [3.63, 3.8) is 0 Å². The van der Waals surface area contributed by atoms with Crippen LogP contribution in [0.1, 0.15) is 11.5 Å². The van der Waals surface area contributed by atoms with Crippen LogP contribution in [0.5, 0.6) is 5.75 Å². The third-order valence-corrected chi connectivity index (χ3v) is 4.95. The average molecular weight is 414 g/mol. The van der Waals surface area contributed by atoms with Gasteiger partial charge in [-0.15, -0.1) is 0 Å². The van der Waals surface area contributed by atoms with E-state index < -0.39 is 0 Å².